The first-order valence-electron chi connectivity index (χ1n) is 10.8. The molecular weight excluding hydrogens is 475 g/mol. The van der Waals surface area contributed by atoms with Crippen molar-refractivity contribution in [1.29, 1.82) is 0 Å². The number of carboxylic acid groups (broad SMARTS) is 1. The van der Waals surface area contributed by atoms with Gasteiger partial charge >= 0.3 is 12.1 Å². The smallest absolute Gasteiger partial charge is 0.416 e. The maximum Gasteiger partial charge on any atom is 0.416 e. The quantitative estimate of drug-likeness (QED) is 0.327. The van der Waals surface area contributed by atoms with E-state index in [0.29, 0.717) is 38.7 Å². The van der Waals surface area contributed by atoms with Gasteiger partial charge in [0.25, 0.3) is 5.91 Å². The summed E-state index contributed by atoms with van der Waals surface area (Å²) in [4.78, 5) is 28.5. The number of nitrogens with zero attached hydrogens (tertiary/aromatic N) is 2. The molecule has 0 aliphatic carbocycles. The minimum atomic E-state index is -4.42. The summed E-state index contributed by atoms with van der Waals surface area (Å²) < 4.78 is 46.0. The molecule has 36 heavy (non-hydrogen) atoms. The van der Waals surface area contributed by atoms with E-state index in [1.807, 2.05) is 0 Å². The van der Waals surface area contributed by atoms with Gasteiger partial charge in [0.15, 0.2) is 12.0 Å². The van der Waals surface area contributed by atoms with E-state index in [1.54, 1.807) is 35.0 Å². The first kappa shape index (κ1) is 23.2. The van der Waals surface area contributed by atoms with E-state index in [4.69, 9.17) is 9.52 Å². The number of oxazole rings is 1. The highest BCUT2D eigenvalue weighted by atomic mass is 19.4. The molecule has 5 aromatic rings. The standard InChI is InChI=1S/C26H18F3N3O4/c27-26(28,29)18-7-3-16(4-8-18)13-32-10-9-19-22-21(36-14-31-22)11-20(23(19)32)24(33)30-12-15-1-5-17(6-2-15)25(34)35/h1-11,14H,12-13H2,(H,30,33)(H,34,35). The number of aromatic carboxylic acids is 1. The van der Waals surface area contributed by atoms with Gasteiger partial charge in [0.2, 0.25) is 0 Å². The number of hydrogen-bond acceptors (Lipinski definition) is 4. The van der Waals surface area contributed by atoms with Crippen LogP contribution in [0.2, 0.25) is 0 Å². The monoisotopic (exact) mass is 493 g/mol. The second kappa shape index (κ2) is 8.88. The van der Waals surface area contributed by atoms with Crippen molar-refractivity contribution in [2.24, 2.45) is 0 Å². The van der Waals surface area contributed by atoms with Gasteiger partial charge in [0.1, 0.15) is 5.52 Å². The van der Waals surface area contributed by atoms with Crippen LogP contribution >= 0.6 is 0 Å². The normalized spacial score (nSPS) is 11.8. The summed E-state index contributed by atoms with van der Waals surface area (Å²) in [6.45, 7) is 0.399. The van der Waals surface area contributed by atoms with E-state index in [9.17, 15) is 22.8 Å². The molecule has 7 nitrogen and oxygen atoms in total. The molecule has 0 radical (unpaired) electrons. The van der Waals surface area contributed by atoms with Crippen LogP contribution in [0.4, 0.5) is 13.2 Å². The fourth-order valence-electron chi connectivity index (χ4n) is 4.07. The van der Waals surface area contributed by atoms with Crippen molar-refractivity contribution in [3.8, 4) is 0 Å². The second-order valence-corrected chi connectivity index (χ2v) is 8.21. The van der Waals surface area contributed by atoms with E-state index in [0.717, 1.165) is 12.1 Å². The average Bonchev–Trinajstić information content (AvgIpc) is 3.49. The number of carbonyl (C=O) groups excluding carboxylic acids is 1. The van der Waals surface area contributed by atoms with Crippen molar-refractivity contribution < 1.29 is 32.3 Å². The van der Waals surface area contributed by atoms with Crippen molar-refractivity contribution in [3.05, 3.63) is 101 Å². The zero-order chi connectivity index (χ0) is 25.4. The Morgan fingerprint density at radius 2 is 1.69 bits per heavy atom. The van der Waals surface area contributed by atoms with E-state index >= 15 is 0 Å². The SMILES string of the molecule is O=C(O)c1ccc(CNC(=O)c2cc3ocnc3c3ccn(Cc4ccc(C(F)(F)F)cc4)c23)cc1. The van der Waals surface area contributed by atoms with E-state index in [1.165, 1.54) is 30.7 Å². The Balaban J connectivity index is 1.46. The lowest BCUT2D eigenvalue weighted by Crippen LogP contribution is -2.23. The van der Waals surface area contributed by atoms with Gasteiger partial charge in [-0.3, -0.25) is 4.79 Å². The molecule has 0 saturated heterocycles. The average molecular weight is 493 g/mol. The van der Waals surface area contributed by atoms with E-state index in [2.05, 4.69) is 10.3 Å². The molecule has 0 bridgehead atoms. The molecule has 0 saturated carbocycles. The number of carbonyl (C=O) groups is 2. The summed E-state index contributed by atoms with van der Waals surface area (Å²) in [5.74, 6) is -1.44. The van der Waals surface area contributed by atoms with E-state index in [-0.39, 0.29) is 18.7 Å². The number of halogens is 3. The number of benzene rings is 3. The van der Waals surface area contributed by atoms with Crippen LogP contribution in [0.5, 0.6) is 0 Å². The van der Waals surface area contributed by atoms with Crippen LogP contribution in [0.1, 0.15) is 37.4 Å². The molecule has 2 aromatic heterocycles. The topological polar surface area (TPSA) is 97.4 Å². The van der Waals surface area contributed by atoms with Gasteiger partial charge in [-0.1, -0.05) is 24.3 Å². The number of fused-ring (bicyclic) bond motifs is 3. The Hall–Kier alpha value is -4.60. The van der Waals surface area contributed by atoms with Crippen molar-refractivity contribution in [1.82, 2.24) is 14.9 Å². The molecule has 0 unspecified atom stereocenters. The van der Waals surface area contributed by atoms with Crippen molar-refractivity contribution in [2.75, 3.05) is 0 Å². The molecular formula is C26H18F3N3O4. The van der Waals surface area contributed by atoms with Crippen LogP contribution in [0.3, 0.4) is 0 Å². The number of nitrogens with one attached hydrogen (secondary N) is 1. The van der Waals surface area contributed by atoms with Gasteiger partial charge < -0.3 is 19.4 Å². The van der Waals surface area contributed by atoms with E-state index < -0.39 is 23.6 Å². The highest BCUT2D eigenvalue weighted by Gasteiger charge is 2.30. The maximum absolute atomic E-state index is 13.2. The van der Waals surface area contributed by atoms with Crippen molar-refractivity contribution >= 4 is 33.9 Å². The zero-order valence-electron chi connectivity index (χ0n) is 18.5. The van der Waals surface area contributed by atoms with Crippen LogP contribution < -0.4 is 5.32 Å². The van der Waals surface area contributed by atoms with Gasteiger partial charge in [-0.15, -0.1) is 0 Å². The molecule has 10 heteroatoms. The molecule has 2 N–H and O–H groups in total. The Morgan fingerprint density at radius 1 is 1.00 bits per heavy atom. The Labute approximate surface area is 201 Å². The third kappa shape index (κ3) is 4.40. The molecule has 1 amide bonds. The number of amides is 1. The highest BCUT2D eigenvalue weighted by molar-refractivity contribution is 6.14. The lowest BCUT2D eigenvalue weighted by molar-refractivity contribution is -0.137. The van der Waals surface area contributed by atoms with Gasteiger partial charge in [0.05, 0.1) is 22.2 Å². The summed E-state index contributed by atoms with van der Waals surface area (Å²) in [6.07, 6.45) is -1.39. The molecule has 0 atom stereocenters. The molecule has 3 aromatic carbocycles. The Kier molecular flexibility index (Phi) is 5.71. The number of hydrogen-bond donors (Lipinski definition) is 2. The lowest BCUT2D eigenvalue weighted by Gasteiger charge is -2.12. The van der Waals surface area contributed by atoms with Crippen molar-refractivity contribution in [3.63, 3.8) is 0 Å². The molecule has 5 rings (SSSR count). The Bertz CT molecular complexity index is 1580. The highest BCUT2D eigenvalue weighted by Crippen LogP contribution is 2.31. The first-order chi connectivity index (χ1) is 17.2. The summed E-state index contributed by atoms with van der Waals surface area (Å²) in [7, 11) is 0. The van der Waals surface area contributed by atoms with Crippen molar-refractivity contribution in [2.45, 2.75) is 19.3 Å². The molecule has 2 heterocycles. The maximum atomic E-state index is 13.2. The van der Waals surface area contributed by atoms with Crippen LogP contribution in [0, 0.1) is 0 Å². The molecule has 182 valence electrons. The summed E-state index contributed by atoms with van der Waals surface area (Å²) in [6, 6.07) is 14.4. The summed E-state index contributed by atoms with van der Waals surface area (Å²) >= 11 is 0. The second-order valence-electron chi connectivity index (χ2n) is 8.21. The number of alkyl halides is 3. The number of rotatable bonds is 6. The zero-order valence-corrected chi connectivity index (χ0v) is 18.5. The van der Waals surface area contributed by atoms with Crippen LogP contribution in [-0.4, -0.2) is 26.5 Å². The third-order valence-corrected chi connectivity index (χ3v) is 5.88. The molecule has 0 aliphatic rings. The third-order valence-electron chi connectivity index (χ3n) is 5.88. The van der Waals surface area contributed by atoms with Gasteiger partial charge in [-0.05, 0) is 47.5 Å². The van der Waals surface area contributed by atoms with Gasteiger partial charge in [-0.25, -0.2) is 9.78 Å². The predicted molar refractivity (Wildman–Crippen MR) is 125 cm³/mol. The molecule has 0 fully saturated rings. The first-order valence-corrected chi connectivity index (χ1v) is 10.8. The molecule has 0 aliphatic heterocycles. The van der Waals surface area contributed by atoms with Crippen LogP contribution in [0.15, 0.2) is 77.7 Å². The van der Waals surface area contributed by atoms with Crippen LogP contribution in [-0.2, 0) is 19.3 Å². The minimum Gasteiger partial charge on any atom is -0.478 e. The lowest BCUT2D eigenvalue weighted by atomic mass is 10.1. The fraction of sp³-hybridized carbons (Fsp3) is 0.115. The number of aromatic nitrogens is 2. The summed E-state index contributed by atoms with van der Waals surface area (Å²) in [5.41, 5.74) is 2.62. The number of carboxylic acids is 1. The van der Waals surface area contributed by atoms with Crippen LogP contribution in [0.25, 0.3) is 22.0 Å². The largest absolute Gasteiger partial charge is 0.478 e. The fourth-order valence-corrected chi connectivity index (χ4v) is 4.07. The minimum absolute atomic E-state index is 0.142. The summed E-state index contributed by atoms with van der Waals surface area (Å²) in [5, 5.41) is 12.5. The Morgan fingerprint density at radius 3 is 2.36 bits per heavy atom. The molecule has 0 spiro atoms. The van der Waals surface area contributed by atoms with Gasteiger partial charge in [0, 0.05) is 24.7 Å². The van der Waals surface area contributed by atoms with Gasteiger partial charge in [-0.2, -0.15) is 13.2 Å². The predicted octanol–water partition coefficient (Wildman–Crippen LogP) is 5.48.